The molecule has 0 unspecified atom stereocenters. The Kier molecular flexibility index (Phi) is 9.85. The lowest BCUT2D eigenvalue weighted by Crippen LogP contribution is -2.30. The van der Waals surface area contributed by atoms with Gasteiger partial charge in [-0.3, -0.25) is 4.79 Å². The molecule has 0 aromatic carbocycles. The molecular weight excluding hydrogens is 316 g/mol. The van der Waals surface area contributed by atoms with E-state index in [1.54, 1.807) is 0 Å². The highest BCUT2D eigenvalue weighted by molar-refractivity contribution is 5.71. The van der Waals surface area contributed by atoms with Crippen molar-refractivity contribution in [3.8, 4) is 0 Å². The van der Waals surface area contributed by atoms with Gasteiger partial charge in [-0.1, -0.05) is 71.1 Å². The lowest BCUT2D eigenvalue weighted by atomic mass is 10.0. The van der Waals surface area contributed by atoms with E-state index in [4.69, 9.17) is 9.47 Å². The van der Waals surface area contributed by atoms with Crippen LogP contribution in [0.25, 0.3) is 0 Å². The fourth-order valence-electron chi connectivity index (χ4n) is 4.08. The molecule has 0 aliphatic carbocycles. The second kappa shape index (κ2) is 11.9. The minimum atomic E-state index is -0.365. The molecule has 0 bridgehead atoms. The van der Waals surface area contributed by atoms with E-state index in [0.29, 0.717) is 6.42 Å². The molecule has 2 saturated heterocycles. The van der Waals surface area contributed by atoms with Gasteiger partial charge in [0.15, 0.2) is 0 Å². The molecular formula is C21H38O4. The maximum atomic E-state index is 11.2. The molecule has 0 aromatic heterocycles. The van der Waals surface area contributed by atoms with Crippen LogP contribution in [0, 0.1) is 0 Å². The zero-order valence-electron chi connectivity index (χ0n) is 16.1. The van der Waals surface area contributed by atoms with Gasteiger partial charge in [0.05, 0.1) is 18.3 Å². The zero-order chi connectivity index (χ0) is 17.9. The van der Waals surface area contributed by atoms with Crippen LogP contribution in [0.2, 0.25) is 0 Å². The van der Waals surface area contributed by atoms with Gasteiger partial charge < -0.3 is 14.6 Å². The minimum Gasteiger partial charge on any atom is -0.460 e. The van der Waals surface area contributed by atoms with Crippen molar-refractivity contribution < 1.29 is 19.4 Å². The highest BCUT2D eigenvalue weighted by Gasteiger charge is 2.39. The molecule has 0 radical (unpaired) electrons. The molecule has 146 valence electrons. The number of hydrogen-bond donors (Lipinski definition) is 1. The molecule has 1 N–H and O–H groups in total. The summed E-state index contributed by atoms with van der Waals surface area (Å²) in [4.78, 5) is 11.2. The van der Waals surface area contributed by atoms with Gasteiger partial charge in [-0.25, -0.2) is 0 Å². The Bertz CT molecular complexity index is 371. The van der Waals surface area contributed by atoms with Crippen LogP contribution < -0.4 is 0 Å². The Labute approximate surface area is 153 Å². The first kappa shape index (κ1) is 20.7. The molecule has 2 aliphatic rings. The van der Waals surface area contributed by atoms with Crippen LogP contribution in [0.1, 0.15) is 103 Å². The third-order valence-electron chi connectivity index (χ3n) is 5.70. The van der Waals surface area contributed by atoms with Gasteiger partial charge in [-0.05, 0) is 25.7 Å². The largest absolute Gasteiger partial charge is 0.460 e. The van der Waals surface area contributed by atoms with Crippen LogP contribution in [-0.4, -0.2) is 35.5 Å². The van der Waals surface area contributed by atoms with Crippen LogP contribution in [0.3, 0.4) is 0 Å². The number of aliphatic hydroxyl groups excluding tert-OH is 1. The van der Waals surface area contributed by atoms with E-state index in [-0.39, 0.29) is 30.4 Å². The van der Waals surface area contributed by atoms with Crippen LogP contribution >= 0.6 is 0 Å². The highest BCUT2D eigenvalue weighted by atomic mass is 16.6. The molecule has 0 amide bonds. The summed E-state index contributed by atoms with van der Waals surface area (Å²) in [6.45, 7) is 2.26. The van der Waals surface area contributed by atoms with E-state index < -0.39 is 0 Å². The molecule has 4 nitrogen and oxygen atoms in total. The molecule has 0 aromatic rings. The predicted octanol–water partition coefficient (Wildman–Crippen LogP) is 4.91. The second-order valence-electron chi connectivity index (χ2n) is 7.90. The van der Waals surface area contributed by atoms with Crippen LogP contribution in [0.4, 0.5) is 0 Å². The Morgan fingerprint density at radius 2 is 1.56 bits per heavy atom. The summed E-state index contributed by atoms with van der Waals surface area (Å²) in [5.41, 5.74) is 0. The maximum absolute atomic E-state index is 11.2. The molecule has 4 heteroatoms. The Hall–Kier alpha value is -0.610. The van der Waals surface area contributed by atoms with Gasteiger partial charge >= 0.3 is 5.97 Å². The van der Waals surface area contributed by atoms with Crippen molar-refractivity contribution in [3.63, 3.8) is 0 Å². The first-order valence-electron chi connectivity index (χ1n) is 10.7. The summed E-state index contributed by atoms with van der Waals surface area (Å²) in [6.07, 6.45) is 16.5. The van der Waals surface area contributed by atoms with Crippen molar-refractivity contribution in [2.75, 3.05) is 0 Å². The molecule has 2 rings (SSSR count). The number of esters is 1. The van der Waals surface area contributed by atoms with Gasteiger partial charge in [-0.2, -0.15) is 0 Å². The van der Waals surface area contributed by atoms with Crippen molar-refractivity contribution in [1.82, 2.24) is 0 Å². The molecule has 2 fully saturated rings. The van der Waals surface area contributed by atoms with Crippen molar-refractivity contribution >= 4 is 5.97 Å². The van der Waals surface area contributed by atoms with Gasteiger partial charge in [0, 0.05) is 6.42 Å². The van der Waals surface area contributed by atoms with Crippen LogP contribution in [-0.2, 0) is 14.3 Å². The lowest BCUT2D eigenvalue weighted by Gasteiger charge is -2.21. The average Bonchev–Trinajstić information content (AvgIpc) is 3.25. The third kappa shape index (κ3) is 7.65. The lowest BCUT2D eigenvalue weighted by molar-refractivity contribution is -0.148. The molecule has 0 saturated carbocycles. The van der Waals surface area contributed by atoms with E-state index in [0.717, 1.165) is 32.1 Å². The first-order chi connectivity index (χ1) is 12.2. The first-order valence-corrected chi connectivity index (χ1v) is 10.7. The summed E-state index contributed by atoms with van der Waals surface area (Å²) >= 11 is 0. The van der Waals surface area contributed by atoms with Crippen molar-refractivity contribution in [2.24, 2.45) is 0 Å². The SMILES string of the molecule is CCCCCCCCCCCC[C@H](O)[C@H]1CC[C@H]([C@H]2CCC(=O)O2)O1. The third-order valence-corrected chi connectivity index (χ3v) is 5.70. The Morgan fingerprint density at radius 1 is 0.920 bits per heavy atom. The van der Waals surface area contributed by atoms with E-state index in [1.165, 1.54) is 57.8 Å². The second-order valence-corrected chi connectivity index (χ2v) is 7.90. The smallest absolute Gasteiger partial charge is 0.306 e. The highest BCUT2D eigenvalue weighted by Crippen LogP contribution is 2.31. The summed E-state index contributed by atoms with van der Waals surface area (Å²) in [7, 11) is 0. The summed E-state index contributed by atoms with van der Waals surface area (Å²) < 4.78 is 11.3. The van der Waals surface area contributed by atoms with E-state index >= 15 is 0 Å². The zero-order valence-corrected chi connectivity index (χ0v) is 16.1. The average molecular weight is 355 g/mol. The number of rotatable bonds is 13. The summed E-state index contributed by atoms with van der Waals surface area (Å²) in [5, 5.41) is 10.4. The molecule has 4 atom stereocenters. The minimum absolute atomic E-state index is 0.00110. The fourth-order valence-corrected chi connectivity index (χ4v) is 4.08. The monoisotopic (exact) mass is 354 g/mol. The van der Waals surface area contributed by atoms with Crippen molar-refractivity contribution in [1.29, 1.82) is 0 Å². The molecule has 0 spiro atoms. The number of aliphatic hydroxyl groups is 1. The Morgan fingerprint density at radius 3 is 2.16 bits per heavy atom. The maximum Gasteiger partial charge on any atom is 0.306 e. The Balaban J connectivity index is 1.45. The number of carbonyl (C=O) groups is 1. The molecule has 2 aliphatic heterocycles. The van der Waals surface area contributed by atoms with Gasteiger partial charge in [-0.15, -0.1) is 0 Å². The van der Waals surface area contributed by atoms with Crippen LogP contribution in [0.5, 0.6) is 0 Å². The normalized spacial score (nSPS) is 27.6. The quantitative estimate of drug-likeness (QED) is 0.377. The van der Waals surface area contributed by atoms with Crippen molar-refractivity contribution in [2.45, 2.75) is 128 Å². The number of carbonyl (C=O) groups excluding carboxylic acids is 1. The standard InChI is InChI=1S/C21H38O4/c1-2-3-4-5-6-7-8-9-10-11-12-17(22)18-13-14-19(24-18)20-15-16-21(23)25-20/h17-20,22H,2-16H2,1H3/t17-,18+,19+,20+/m0/s1. The van der Waals surface area contributed by atoms with Gasteiger partial charge in [0.25, 0.3) is 0 Å². The van der Waals surface area contributed by atoms with Crippen molar-refractivity contribution in [3.05, 3.63) is 0 Å². The van der Waals surface area contributed by atoms with E-state index in [9.17, 15) is 9.90 Å². The van der Waals surface area contributed by atoms with E-state index in [1.807, 2.05) is 0 Å². The van der Waals surface area contributed by atoms with Gasteiger partial charge in [0.1, 0.15) is 6.10 Å². The molecule has 25 heavy (non-hydrogen) atoms. The van der Waals surface area contributed by atoms with E-state index in [2.05, 4.69) is 6.92 Å². The number of unbranched alkanes of at least 4 members (excludes halogenated alkanes) is 9. The summed E-state index contributed by atoms with van der Waals surface area (Å²) in [5.74, 6) is -0.108. The van der Waals surface area contributed by atoms with Crippen LogP contribution in [0.15, 0.2) is 0 Å². The topological polar surface area (TPSA) is 55.8 Å². The van der Waals surface area contributed by atoms with Gasteiger partial charge in [0.2, 0.25) is 0 Å². The fraction of sp³-hybridized carbons (Fsp3) is 0.952. The molecule has 2 heterocycles. The number of cyclic esters (lactones) is 1. The number of hydrogen-bond acceptors (Lipinski definition) is 4. The number of ether oxygens (including phenoxy) is 2. The summed E-state index contributed by atoms with van der Waals surface area (Å²) in [6, 6.07) is 0. The predicted molar refractivity (Wildman–Crippen MR) is 99.5 cm³/mol.